The van der Waals surface area contributed by atoms with Crippen LogP contribution < -0.4 is 4.72 Å². The molecule has 9 heteroatoms. The van der Waals surface area contributed by atoms with Crippen molar-refractivity contribution >= 4 is 33.0 Å². The van der Waals surface area contributed by atoms with Crippen LogP contribution in [0.3, 0.4) is 0 Å². The Labute approximate surface area is 150 Å². The second-order valence-electron chi connectivity index (χ2n) is 5.38. The predicted octanol–water partition coefficient (Wildman–Crippen LogP) is 2.11. The summed E-state index contributed by atoms with van der Waals surface area (Å²) < 4.78 is 32.5. The van der Waals surface area contributed by atoms with E-state index in [1.165, 1.54) is 17.4 Å². The molecule has 1 fully saturated rings. The van der Waals surface area contributed by atoms with Gasteiger partial charge in [0.25, 0.3) is 0 Å². The van der Waals surface area contributed by atoms with Crippen LogP contribution in [0.25, 0.3) is 0 Å². The molecule has 2 heterocycles. The molecule has 1 aliphatic rings. The quantitative estimate of drug-likeness (QED) is 0.821. The third-order valence-corrected chi connectivity index (χ3v) is 6.43. The first-order chi connectivity index (χ1) is 11.5. The van der Waals surface area contributed by atoms with Gasteiger partial charge in [0.2, 0.25) is 10.0 Å². The Morgan fingerprint density at radius 3 is 2.79 bits per heavy atom. The number of hydrogen-bond acceptors (Lipinski definition) is 6. The molecule has 2 aromatic rings. The number of rotatable bonds is 6. The Morgan fingerprint density at radius 1 is 1.29 bits per heavy atom. The summed E-state index contributed by atoms with van der Waals surface area (Å²) in [5.41, 5.74) is 0.953. The largest absolute Gasteiger partial charge is 0.379 e. The third kappa shape index (κ3) is 4.53. The summed E-state index contributed by atoms with van der Waals surface area (Å²) in [4.78, 5) is 6.85. The number of morpholine rings is 1. The van der Waals surface area contributed by atoms with Crippen molar-refractivity contribution in [2.24, 2.45) is 0 Å². The predicted molar refractivity (Wildman–Crippen MR) is 93.7 cm³/mol. The van der Waals surface area contributed by atoms with Gasteiger partial charge in [-0.05, 0) is 12.1 Å². The fourth-order valence-electron chi connectivity index (χ4n) is 2.39. The molecule has 130 valence electrons. The van der Waals surface area contributed by atoms with Crippen LogP contribution in [-0.4, -0.2) is 44.6 Å². The molecule has 0 radical (unpaired) electrons. The van der Waals surface area contributed by atoms with Gasteiger partial charge in [-0.15, -0.1) is 11.3 Å². The first-order valence-electron chi connectivity index (χ1n) is 7.52. The van der Waals surface area contributed by atoms with E-state index < -0.39 is 10.0 Å². The Hall–Kier alpha value is -1.03. The van der Waals surface area contributed by atoms with Gasteiger partial charge < -0.3 is 4.74 Å². The van der Waals surface area contributed by atoms with Gasteiger partial charge in [0, 0.05) is 25.0 Å². The average molecular weight is 388 g/mol. The number of nitrogens with zero attached hydrogens (tertiary/aromatic N) is 2. The fraction of sp³-hybridized carbons (Fsp3) is 0.400. The smallest absolute Gasteiger partial charge is 0.242 e. The molecule has 24 heavy (non-hydrogen) atoms. The van der Waals surface area contributed by atoms with E-state index in [1.54, 1.807) is 18.2 Å². The van der Waals surface area contributed by atoms with Crippen LogP contribution in [0.1, 0.15) is 10.7 Å². The molecule has 1 aromatic carbocycles. The summed E-state index contributed by atoms with van der Waals surface area (Å²) in [6.45, 7) is 4.19. The van der Waals surface area contributed by atoms with Gasteiger partial charge in [-0.25, -0.2) is 18.1 Å². The standard InChI is InChI=1S/C15H18ClN3O3S2/c16-13-3-1-2-4-14(13)24(20,21)17-9-15-18-12(11-23-15)10-19-5-7-22-8-6-19/h1-4,11,17H,5-10H2. The maximum Gasteiger partial charge on any atom is 0.242 e. The molecule has 0 aliphatic carbocycles. The summed E-state index contributed by atoms with van der Waals surface area (Å²) >= 11 is 7.40. The highest BCUT2D eigenvalue weighted by Crippen LogP contribution is 2.21. The molecular formula is C15H18ClN3O3S2. The molecule has 0 spiro atoms. The lowest BCUT2D eigenvalue weighted by Gasteiger charge is -2.25. The van der Waals surface area contributed by atoms with Crippen molar-refractivity contribution in [1.82, 2.24) is 14.6 Å². The van der Waals surface area contributed by atoms with Crippen LogP contribution in [0, 0.1) is 0 Å². The third-order valence-electron chi connectivity index (χ3n) is 3.63. The van der Waals surface area contributed by atoms with Crippen molar-refractivity contribution in [2.75, 3.05) is 26.3 Å². The van der Waals surface area contributed by atoms with E-state index in [0.29, 0.717) is 0 Å². The van der Waals surface area contributed by atoms with Gasteiger partial charge in [0.1, 0.15) is 9.90 Å². The minimum absolute atomic E-state index is 0.0803. The molecular weight excluding hydrogens is 370 g/mol. The molecule has 0 saturated carbocycles. The van der Waals surface area contributed by atoms with E-state index in [1.807, 2.05) is 5.38 Å². The minimum Gasteiger partial charge on any atom is -0.379 e. The van der Waals surface area contributed by atoms with Gasteiger partial charge in [-0.1, -0.05) is 23.7 Å². The minimum atomic E-state index is -3.65. The van der Waals surface area contributed by atoms with Crippen LogP contribution in [0.2, 0.25) is 5.02 Å². The first-order valence-corrected chi connectivity index (χ1v) is 10.3. The van der Waals surface area contributed by atoms with E-state index in [0.717, 1.165) is 43.5 Å². The Bertz CT molecular complexity index is 789. The zero-order chi connectivity index (χ0) is 17.0. The molecule has 0 bridgehead atoms. The van der Waals surface area contributed by atoms with E-state index in [9.17, 15) is 8.42 Å². The topological polar surface area (TPSA) is 71.5 Å². The zero-order valence-corrected chi connectivity index (χ0v) is 15.3. The van der Waals surface area contributed by atoms with Crippen molar-refractivity contribution in [3.8, 4) is 0 Å². The number of ether oxygens (including phenoxy) is 1. The summed E-state index contributed by atoms with van der Waals surface area (Å²) in [5, 5.41) is 2.90. The lowest BCUT2D eigenvalue weighted by atomic mass is 10.3. The summed E-state index contributed by atoms with van der Waals surface area (Å²) in [7, 11) is -3.65. The van der Waals surface area contributed by atoms with Crippen LogP contribution in [0.5, 0.6) is 0 Å². The number of hydrogen-bond donors (Lipinski definition) is 1. The molecule has 0 unspecified atom stereocenters. The van der Waals surface area contributed by atoms with Gasteiger partial charge in [-0.2, -0.15) is 0 Å². The second kappa shape index (κ2) is 7.90. The molecule has 6 nitrogen and oxygen atoms in total. The van der Waals surface area contributed by atoms with Crippen LogP contribution in [0.15, 0.2) is 34.5 Å². The molecule has 0 amide bonds. The lowest BCUT2D eigenvalue weighted by Crippen LogP contribution is -2.35. The molecule has 1 N–H and O–H groups in total. The fourth-order valence-corrected chi connectivity index (χ4v) is 4.71. The van der Waals surface area contributed by atoms with Crippen LogP contribution in [-0.2, 0) is 27.8 Å². The number of benzene rings is 1. The molecule has 1 aromatic heterocycles. The van der Waals surface area contributed by atoms with Crippen LogP contribution in [0.4, 0.5) is 0 Å². The van der Waals surface area contributed by atoms with Crippen molar-refractivity contribution in [1.29, 1.82) is 0 Å². The van der Waals surface area contributed by atoms with Gasteiger partial charge >= 0.3 is 0 Å². The van der Waals surface area contributed by atoms with Crippen molar-refractivity contribution < 1.29 is 13.2 Å². The second-order valence-corrected chi connectivity index (χ2v) is 8.46. The number of halogens is 1. The highest BCUT2D eigenvalue weighted by molar-refractivity contribution is 7.89. The number of aromatic nitrogens is 1. The van der Waals surface area contributed by atoms with E-state index in [2.05, 4.69) is 14.6 Å². The maximum atomic E-state index is 12.3. The highest BCUT2D eigenvalue weighted by atomic mass is 35.5. The molecule has 3 rings (SSSR count). The number of nitrogens with one attached hydrogen (secondary N) is 1. The first kappa shape index (κ1) is 17.8. The Balaban J connectivity index is 1.60. The average Bonchev–Trinajstić information content (AvgIpc) is 3.02. The highest BCUT2D eigenvalue weighted by Gasteiger charge is 2.18. The van der Waals surface area contributed by atoms with Crippen molar-refractivity contribution in [2.45, 2.75) is 18.0 Å². The molecule has 1 aliphatic heterocycles. The van der Waals surface area contributed by atoms with Gasteiger partial charge in [0.15, 0.2) is 0 Å². The summed E-state index contributed by atoms with van der Waals surface area (Å²) in [6.07, 6.45) is 0. The van der Waals surface area contributed by atoms with Crippen molar-refractivity contribution in [3.05, 3.63) is 45.4 Å². The number of sulfonamides is 1. The maximum absolute atomic E-state index is 12.3. The summed E-state index contributed by atoms with van der Waals surface area (Å²) in [5.74, 6) is 0. The van der Waals surface area contributed by atoms with Crippen molar-refractivity contribution in [3.63, 3.8) is 0 Å². The lowest BCUT2D eigenvalue weighted by molar-refractivity contribution is 0.0337. The van der Waals surface area contributed by atoms with E-state index in [4.69, 9.17) is 16.3 Å². The Kier molecular flexibility index (Phi) is 5.85. The van der Waals surface area contributed by atoms with E-state index in [-0.39, 0.29) is 16.5 Å². The summed E-state index contributed by atoms with van der Waals surface area (Å²) in [6, 6.07) is 6.38. The monoisotopic (exact) mass is 387 g/mol. The van der Waals surface area contributed by atoms with Crippen LogP contribution >= 0.6 is 22.9 Å². The molecule has 0 atom stereocenters. The number of thiazole rings is 1. The van der Waals surface area contributed by atoms with Gasteiger partial charge in [0.05, 0.1) is 30.5 Å². The normalized spacial score (nSPS) is 16.4. The Morgan fingerprint density at radius 2 is 2.04 bits per heavy atom. The zero-order valence-electron chi connectivity index (χ0n) is 12.9. The molecule has 1 saturated heterocycles. The SMILES string of the molecule is O=S(=O)(NCc1nc(CN2CCOCC2)cs1)c1ccccc1Cl. The van der Waals surface area contributed by atoms with E-state index >= 15 is 0 Å². The van der Waals surface area contributed by atoms with Gasteiger partial charge in [-0.3, -0.25) is 4.90 Å².